The highest BCUT2D eigenvalue weighted by Crippen LogP contribution is 2.06. The first-order valence-corrected chi connectivity index (χ1v) is 8.14. The molecule has 0 fully saturated rings. The van der Waals surface area contributed by atoms with Gasteiger partial charge in [-0.15, -0.1) is 13.2 Å². The van der Waals surface area contributed by atoms with Crippen molar-refractivity contribution in [2.45, 2.75) is 59.2 Å². The summed E-state index contributed by atoms with van der Waals surface area (Å²) in [5.41, 5.74) is -1.61. The summed E-state index contributed by atoms with van der Waals surface area (Å²) in [5, 5.41) is 0. The van der Waals surface area contributed by atoms with Gasteiger partial charge in [-0.25, -0.2) is 28.1 Å². The summed E-state index contributed by atoms with van der Waals surface area (Å²) in [6.45, 7) is 12.2. The maximum atomic E-state index is 12.5. The lowest BCUT2D eigenvalue weighted by Crippen LogP contribution is -2.54. The Bertz CT molecular complexity index is 659. The Morgan fingerprint density at radius 3 is 1.61 bits per heavy atom. The molecule has 6 nitrogen and oxygen atoms in total. The van der Waals surface area contributed by atoms with Crippen LogP contribution in [0.25, 0.3) is 0 Å². The SMILES string of the molecule is C=CCCn1c(=O)n(CCC=C)c(=O)n(CCC(C)CC)c1=O. The van der Waals surface area contributed by atoms with Crippen molar-refractivity contribution in [2.24, 2.45) is 5.92 Å². The van der Waals surface area contributed by atoms with E-state index in [0.717, 1.165) is 22.0 Å². The number of hydrogen-bond acceptors (Lipinski definition) is 3. The number of rotatable bonds is 10. The van der Waals surface area contributed by atoms with Crippen molar-refractivity contribution in [3.05, 3.63) is 56.8 Å². The number of aromatic nitrogens is 3. The Balaban J connectivity index is 3.38. The van der Waals surface area contributed by atoms with Gasteiger partial charge in [-0.05, 0) is 25.2 Å². The predicted molar refractivity (Wildman–Crippen MR) is 92.9 cm³/mol. The van der Waals surface area contributed by atoms with E-state index in [1.807, 2.05) is 0 Å². The molecule has 0 amide bonds. The average molecular weight is 321 g/mol. The first-order valence-electron chi connectivity index (χ1n) is 8.14. The Labute approximate surface area is 136 Å². The number of nitrogens with zero attached hydrogens (tertiary/aromatic N) is 3. The first kappa shape index (κ1) is 18.9. The van der Waals surface area contributed by atoms with Crippen LogP contribution in [0, 0.1) is 5.92 Å². The Kier molecular flexibility index (Phi) is 7.51. The molecule has 0 saturated carbocycles. The summed E-state index contributed by atoms with van der Waals surface area (Å²) in [4.78, 5) is 37.4. The van der Waals surface area contributed by atoms with Crippen molar-refractivity contribution >= 4 is 0 Å². The van der Waals surface area contributed by atoms with Crippen LogP contribution in [0.3, 0.4) is 0 Å². The van der Waals surface area contributed by atoms with Crippen LogP contribution >= 0.6 is 0 Å². The van der Waals surface area contributed by atoms with Gasteiger partial charge >= 0.3 is 17.1 Å². The lowest BCUT2D eigenvalue weighted by Gasteiger charge is -2.14. The third-order valence-corrected chi connectivity index (χ3v) is 4.04. The highest BCUT2D eigenvalue weighted by atomic mass is 16.2. The topological polar surface area (TPSA) is 66.0 Å². The zero-order valence-corrected chi connectivity index (χ0v) is 14.2. The minimum absolute atomic E-state index is 0.235. The van der Waals surface area contributed by atoms with E-state index in [-0.39, 0.29) is 13.1 Å². The van der Waals surface area contributed by atoms with Gasteiger partial charge in [0.1, 0.15) is 0 Å². The molecule has 0 aliphatic rings. The number of hydrogen-bond donors (Lipinski definition) is 0. The molecule has 6 heteroatoms. The summed E-state index contributed by atoms with van der Waals surface area (Å²) in [7, 11) is 0. The van der Waals surface area contributed by atoms with Crippen molar-refractivity contribution in [1.82, 2.24) is 13.7 Å². The van der Waals surface area contributed by atoms with Gasteiger partial charge in [-0.3, -0.25) is 0 Å². The number of allylic oxidation sites excluding steroid dienone is 2. The van der Waals surface area contributed by atoms with Gasteiger partial charge in [-0.2, -0.15) is 0 Å². The smallest absolute Gasteiger partial charge is 0.247 e. The van der Waals surface area contributed by atoms with Crippen molar-refractivity contribution < 1.29 is 0 Å². The zero-order chi connectivity index (χ0) is 17.4. The van der Waals surface area contributed by atoms with Gasteiger partial charge in [0.05, 0.1) is 0 Å². The molecule has 23 heavy (non-hydrogen) atoms. The van der Waals surface area contributed by atoms with Crippen molar-refractivity contribution in [3.63, 3.8) is 0 Å². The molecule has 0 spiro atoms. The predicted octanol–water partition coefficient (Wildman–Crippen LogP) is 1.76. The van der Waals surface area contributed by atoms with Crippen LogP contribution < -0.4 is 17.1 Å². The molecule has 128 valence electrons. The molecule has 0 radical (unpaired) electrons. The van der Waals surface area contributed by atoms with Crippen LogP contribution in [0.15, 0.2) is 39.7 Å². The molecule has 0 aliphatic carbocycles. The summed E-state index contributed by atoms with van der Waals surface area (Å²) < 4.78 is 3.44. The van der Waals surface area contributed by atoms with Crippen LogP contribution in [-0.2, 0) is 19.6 Å². The molecule has 0 aromatic carbocycles. The molecule has 1 unspecified atom stereocenters. The van der Waals surface area contributed by atoms with E-state index in [1.165, 1.54) is 4.57 Å². The summed E-state index contributed by atoms with van der Waals surface area (Å²) in [6, 6.07) is 0. The van der Waals surface area contributed by atoms with Crippen molar-refractivity contribution in [1.29, 1.82) is 0 Å². The molecule has 1 rings (SSSR count). The van der Waals surface area contributed by atoms with Gasteiger partial charge < -0.3 is 0 Å². The molecule has 0 bridgehead atoms. The normalized spacial score (nSPS) is 12.1. The van der Waals surface area contributed by atoms with Crippen LogP contribution in [-0.4, -0.2) is 13.7 Å². The quantitative estimate of drug-likeness (QED) is 0.617. The van der Waals surface area contributed by atoms with Crippen molar-refractivity contribution in [2.75, 3.05) is 0 Å². The molecular weight excluding hydrogens is 294 g/mol. The fraction of sp³-hybridized carbons (Fsp3) is 0.588. The van der Waals surface area contributed by atoms with E-state index in [9.17, 15) is 14.4 Å². The highest BCUT2D eigenvalue weighted by Gasteiger charge is 2.15. The minimum atomic E-state index is -0.552. The molecule has 0 N–H and O–H groups in total. The fourth-order valence-electron chi connectivity index (χ4n) is 2.25. The second kappa shape index (κ2) is 9.12. The average Bonchev–Trinajstić information content (AvgIpc) is 2.54. The first-order chi connectivity index (χ1) is 11.0. The molecular formula is C17H27N3O3. The molecule has 1 aromatic rings. The monoisotopic (exact) mass is 321 g/mol. The maximum Gasteiger partial charge on any atom is 0.336 e. The van der Waals surface area contributed by atoms with Gasteiger partial charge in [-0.1, -0.05) is 32.4 Å². The lowest BCUT2D eigenvalue weighted by molar-refractivity contribution is 0.404. The third-order valence-electron chi connectivity index (χ3n) is 4.04. The second-order valence-electron chi connectivity index (χ2n) is 5.76. The van der Waals surface area contributed by atoms with Gasteiger partial charge in [0, 0.05) is 19.6 Å². The van der Waals surface area contributed by atoms with Gasteiger partial charge in [0.15, 0.2) is 0 Å². The van der Waals surface area contributed by atoms with E-state index in [2.05, 4.69) is 27.0 Å². The molecule has 1 heterocycles. The van der Waals surface area contributed by atoms with Crippen LogP contribution in [0.4, 0.5) is 0 Å². The van der Waals surface area contributed by atoms with Gasteiger partial charge in [0.25, 0.3) is 0 Å². The highest BCUT2D eigenvalue weighted by molar-refractivity contribution is 4.82. The second-order valence-corrected chi connectivity index (χ2v) is 5.76. The van der Waals surface area contributed by atoms with E-state index >= 15 is 0 Å². The Hall–Kier alpha value is -2.11. The Morgan fingerprint density at radius 2 is 1.26 bits per heavy atom. The molecule has 0 saturated heterocycles. The fourth-order valence-corrected chi connectivity index (χ4v) is 2.25. The third kappa shape index (κ3) is 4.68. The summed E-state index contributed by atoms with van der Waals surface area (Å²) >= 11 is 0. The van der Waals surface area contributed by atoms with E-state index in [1.54, 1.807) is 12.2 Å². The van der Waals surface area contributed by atoms with Crippen molar-refractivity contribution in [3.8, 4) is 0 Å². The maximum absolute atomic E-state index is 12.5. The molecule has 0 aliphatic heterocycles. The molecule has 1 aromatic heterocycles. The lowest BCUT2D eigenvalue weighted by atomic mass is 10.1. The van der Waals surface area contributed by atoms with Gasteiger partial charge in [0.2, 0.25) is 0 Å². The van der Waals surface area contributed by atoms with Crippen LogP contribution in [0.5, 0.6) is 0 Å². The van der Waals surface area contributed by atoms with Crippen LogP contribution in [0.2, 0.25) is 0 Å². The van der Waals surface area contributed by atoms with E-state index in [4.69, 9.17) is 0 Å². The van der Waals surface area contributed by atoms with E-state index in [0.29, 0.717) is 25.3 Å². The van der Waals surface area contributed by atoms with Crippen LogP contribution in [0.1, 0.15) is 39.5 Å². The largest absolute Gasteiger partial charge is 0.336 e. The molecule has 1 atom stereocenters. The summed E-state index contributed by atoms with van der Waals surface area (Å²) in [5.74, 6) is 0.413. The minimum Gasteiger partial charge on any atom is -0.247 e. The summed E-state index contributed by atoms with van der Waals surface area (Å²) in [6.07, 6.45) is 6.01. The Morgan fingerprint density at radius 1 is 0.870 bits per heavy atom. The zero-order valence-electron chi connectivity index (χ0n) is 14.2. The van der Waals surface area contributed by atoms with E-state index < -0.39 is 17.1 Å². The standard InChI is InChI=1S/C17H27N3O3/c1-5-8-11-18-15(21)19(12-9-6-2)17(23)20(16(18)22)13-10-14(4)7-3/h5-6,14H,1-2,7-13H2,3-4H3.